The SMILES string of the molecule is N#Cc1ccc(NCC2(C(=O)O)CCCC2)cc1Cl. The average molecular weight is 279 g/mol. The fraction of sp³-hybridized carbons (Fsp3) is 0.429. The first-order valence-corrected chi connectivity index (χ1v) is 6.62. The summed E-state index contributed by atoms with van der Waals surface area (Å²) in [6.07, 6.45) is 3.34. The number of hydrogen-bond donors (Lipinski definition) is 2. The van der Waals surface area contributed by atoms with Gasteiger partial charge in [0, 0.05) is 12.2 Å². The van der Waals surface area contributed by atoms with Gasteiger partial charge in [0.05, 0.1) is 16.0 Å². The Kier molecular flexibility index (Phi) is 3.96. The van der Waals surface area contributed by atoms with Crippen LogP contribution in [0.15, 0.2) is 18.2 Å². The van der Waals surface area contributed by atoms with E-state index in [2.05, 4.69) is 5.32 Å². The van der Waals surface area contributed by atoms with E-state index in [-0.39, 0.29) is 0 Å². The van der Waals surface area contributed by atoms with Crippen LogP contribution in [0.2, 0.25) is 5.02 Å². The molecule has 1 fully saturated rings. The maximum Gasteiger partial charge on any atom is 0.311 e. The lowest BCUT2D eigenvalue weighted by molar-refractivity contribution is -0.147. The summed E-state index contributed by atoms with van der Waals surface area (Å²) in [5.41, 5.74) is 0.498. The molecule has 1 saturated carbocycles. The van der Waals surface area contributed by atoms with Crippen LogP contribution in [0.25, 0.3) is 0 Å². The largest absolute Gasteiger partial charge is 0.481 e. The second-order valence-electron chi connectivity index (χ2n) is 4.95. The fourth-order valence-electron chi connectivity index (χ4n) is 2.51. The molecule has 1 aromatic rings. The standard InChI is InChI=1S/C14H15ClN2O2/c15-12-7-11(4-3-10(12)8-16)17-9-14(13(18)19)5-1-2-6-14/h3-4,7,17H,1-2,5-6,9H2,(H,18,19). The van der Waals surface area contributed by atoms with Gasteiger partial charge >= 0.3 is 5.97 Å². The van der Waals surface area contributed by atoms with Gasteiger partial charge in [0.15, 0.2) is 0 Å². The Morgan fingerprint density at radius 3 is 2.68 bits per heavy atom. The lowest BCUT2D eigenvalue weighted by Gasteiger charge is -2.24. The van der Waals surface area contributed by atoms with Crippen LogP contribution in [0, 0.1) is 16.7 Å². The van der Waals surface area contributed by atoms with Crippen molar-refractivity contribution in [2.75, 3.05) is 11.9 Å². The van der Waals surface area contributed by atoms with E-state index in [0.717, 1.165) is 18.5 Å². The third-order valence-corrected chi connectivity index (χ3v) is 4.05. The molecular weight excluding hydrogens is 264 g/mol. The van der Waals surface area contributed by atoms with E-state index in [0.29, 0.717) is 30.0 Å². The van der Waals surface area contributed by atoms with Gasteiger partial charge in [0.2, 0.25) is 0 Å². The number of aliphatic carboxylic acids is 1. The van der Waals surface area contributed by atoms with Crippen molar-refractivity contribution in [1.29, 1.82) is 5.26 Å². The Balaban J connectivity index is 2.08. The smallest absolute Gasteiger partial charge is 0.311 e. The lowest BCUT2D eigenvalue weighted by atomic mass is 9.86. The molecule has 100 valence electrons. The summed E-state index contributed by atoms with van der Waals surface area (Å²) in [4.78, 5) is 11.4. The summed E-state index contributed by atoms with van der Waals surface area (Å²) in [5.74, 6) is -0.739. The van der Waals surface area contributed by atoms with Crippen LogP contribution in [-0.2, 0) is 4.79 Å². The van der Waals surface area contributed by atoms with Crippen molar-refractivity contribution in [3.63, 3.8) is 0 Å². The molecule has 19 heavy (non-hydrogen) atoms. The van der Waals surface area contributed by atoms with E-state index >= 15 is 0 Å². The van der Waals surface area contributed by atoms with Crippen molar-refractivity contribution in [2.45, 2.75) is 25.7 Å². The Bertz CT molecular complexity index is 531. The number of rotatable bonds is 4. The maximum atomic E-state index is 11.4. The molecule has 0 unspecified atom stereocenters. The predicted molar refractivity (Wildman–Crippen MR) is 73.2 cm³/mol. The van der Waals surface area contributed by atoms with Crippen molar-refractivity contribution in [3.8, 4) is 6.07 Å². The fourth-order valence-corrected chi connectivity index (χ4v) is 2.73. The van der Waals surface area contributed by atoms with Crippen LogP contribution in [0.5, 0.6) is 0 Å². The van der Waals surface area contributed by atoms with Gasteiger partial charge in [0.25, 0.3) is 0 Å². The second kappa shape index (κ2) is 5.50. The zero-order valence-corrected chi connectivity index (χ0v) is 11.2. The molecule has 5 heteroatoms. The minimum Gasteiger partial charge on any atom is -0.481 e. The molecule has 0 amide bonds. The molecule has 2 rings (SSSR count). The Labute approximate surface area is 117 Å². The lowest BCUT2D eigenvalue weighted by Crippen LogP contribution is -2.35. The number of carboxylic acids is 1. The van der Waals surface area contributed by atoms with Gasteiger partial charge in [0.1, 0.15) is 6.07 Å². The van der Waals surface area contributed by atoms with Crippen LogP contribution >= 0.6 is 11.6 Å². The molecule has 1 aromatic carbocycles. The molecule has 0 aliphatic heterocycles. The first-order chi connectivity index (χ1) is 9.07. The number of nitrogens with one attached hydrogen (secondary N) is 1. The zero-order valence-electron chi connectivity index (χ0n) is 10.4. The Morgan fingerprint density at radius 1 is 1.47 bits per heavy atom. The van der Waals surface area contributed by atoms with Gasteiger partial charge in [-0.05, 0) is 31.0 Å². The van der Waals surface area contributed by atoms with E-state index in [4.69, 9.17) is 16.9 Å². The monoisotopic (exact) mass is 278 g/mol. The minimum atomic E-state index is -0.739. The number of benzene rings is 1. The maximum absolute atomic E-state index is 11.4. The van der Waals surface area contributed by atoms with Crippen molar-refractivity contribution < 1.29 is 9.90 Å². The van der Waals surface area contributed by atoms with Crippen molar-refractivity contribution >= 4 is 23.3 Å². The normalized spacial score (nSPS) is 16.8. The predicted octanol–water partition coefficient (Wildman–Crippen LogP) is 3.27. The van der Waals surface area contributed by atoms with Gasteiger partial charge in [-0.2, -0.15) is 5.26 Å². The first-order valence-electron chi connectivity index (χ1n) is 6.24. The van der Waals surface area contributed by atoms with Gasteiger partial charge < -0.3 is 10.4 Å². The van der Waals surface area contributed by atoms with E-state index in [9.17, 15) is 9.90 Å². The molecule has 0 bridgehead atoms. The topological polar surface area (TPSA) is 73.1 Å². The molecule has 0 heterocycles. The number of hydrogen-bond acceptors (Lipinski definition) is 3. The summed E-state index contributed by atoms with van der Waals surface area (Å²) in [7, 11) is 0. The summed E-state index contributed by atoms with van der Waals surface area (Å²) >= 11 is 5.94. The Morgan fingerprint density at radius 2 is 2.16 bits per heavy atom. The van der Waals surface area contributed by atoms with E-state index in [1.807, 2.05) is 6.07 Å². The molecular formula is C14H15ClN2O2. The zero-order chi connectivity index (χ0) is 13.9. The van der Waals surface area contributed by atoms with Crippen LogP contribution in [-0.4, -0.2) is 17.6 Å². The molecule has 1 aliphatic carbocycles. The number of carbonyl (C=O) groups is 1. The molecule has 2 N–H and O–H groups in total. The summed E-state index contributed by atoms with van der Waals surface area (Å²) < 4.78 is 0. The number of carboxylic acid groups (broad SMARTS) is 1. The van der Waals surface area contributed by atoms with E-state index in [1.54, 1.807) is 18.2 Å². The van der Waals surface area contributed by atoms with Crippen LogP contribution in [0.1, 0.15) is 31.2 Å². The highest BCUT2D eigenvalue weighted by Crippen LogP contribution is 2.38. The van der Waals surface area contributed by atoms with Gasteiger partial charge in [-0.25, -0.2) is 0 Å². The van der Waals surface area contributed by atoms with Crippen LogP contribution in [0.4, 0.5) is 5.69 Å². The number of anilines is 1. The molecule has 0 saturated heterocycles. The van der Waals surface area contributed by atoms with E-state index in [1.165, 1.54) is 0 Å². The number of nitrogens with zero attached hydrogens (tertiary/aromatic N) is 1. The molecule has 0 atom stereocenters. The molecule has 0 spiro atoms. The third kappa shape index (κ3) is 2.82. The number of halogens is 1. The molecule has 0 radical (unpaired) electrons. The summed E-state index contributed by atoms with van der Waals surface area (Å²) in [6.45, 7) is 0.393. The Hall–Kier alpha value is -1.73. The minimum absolute atomic E-state index is 0.378. The highest BCUT2D eigenvalue weighted by Gasteiger charge is 2.40. The summed E-state index contributed by atoms with van der Waals surface area (Å²) in [5, 5.41) is 21.7. The molecule has 4 nitrogen and oxygen atoms in total. The highest BCUT2D eigenvalue weighted by molar-refractivity contribution is 6.32. The third-order valence-electron chi connectivity index (χ3n) is 3.73. The first kappa shape index (κ1) is 13.7. The number of nitriles is 1. The van der Waals surface area contributed by atoms with Gasteiger partial charge in [-0.15, -0.1) is 0 Å². The van der Waals surface area contributed by atoms with Crippen LogP contribution in [0.3, 0.4) is 0 Å². The van der Waals surface area contributed by atoms with Crippen molar-refractivity contribution in [1.82, 2.24) is 0 Å². The quantitative estimate of drug-likeness (QED) is 0.886. The highest BCUT2D eigenvalue weighted by atomic mass is 35.5. The van der Waals surface area contributed by atoms with Crippen LogP contribution < -0.4 is 5.32 Å². The van der Waals surface area contributed by atoms with E-state index < -0.39 is 11.4 Å². The van der Waals surface area contributed by atoms with Crippen molar-refractivity contribution in [3.05, 3.63) is 28.8 Å². The average Bonchev–Trinajstić information content (AvgIpc) is 2.86. The van der Waals surface area contributed by atoms with Crippen molar-refractivity contribution in [2.24, 2.45) is 5.41 Å². The molecule has 0 aromatic heterocycles. The van der Waals surface area contributed by atoms with Gasteiger partial charge in [-0.3, -0.25) is 4.79 Å². The summed E-state index contributed by atoms with van der Waals surface area (Å²) in [6, 6.07) is 7.03. The molecule has 1 aliphatic rings. The second-order valence-corrected chi connectivity index (χ2v) is 5.36. The van der Waals surface area contributed by atoms with Gasteiger partial charge in [-0.1, -0.05) is 24.4 Å².